The molecule has 1 aromatic rings. The van der Waals surface area contributed by atoms with Gasteiger partial charge in [-0.05, 0) is 31.4 Å². The Morgan fingerprint density at radius 3 is 2.50 bits per heavy atom. The lowest BCUT2D eigenvalue weighted by Gasteiger charge is -2.25. The Morgan fingerprint density at radius 2 is 1.85 bits per heavy atom. The van der Waals surface area contributed by atoms with E-state index in [1.54, 1.807) is 0 Å². The number of carbonyl (C=O) groups excluding carboxylic acids is 1. The number of nitrogens with one attached hydrogen (secondary N) is 1. The Kier molecular flexibility index (Phi) is 3.22. The van der Waals surface area contributed by atoms with Crippen LogP contribution in [-0.4, -0.2) is 29.2 Å². The normalized spacial score (nSPS) is 31.2. The number of benzene rings is 1. The van der Waals surface area contributed by atoms with Gasteiger partial charge < -0.3 is 15.2 Å². The van der Waals surface area contributed by atoms with Gasteiger partial charge in [-0.25, -0.2) is 0 Å². The first-order chi connectivity index (χ1) is 9.56. The largest absolute Gasteiger partial charge is 0.481 e. The van der Waals surface area contributed by atoms with Gasteiger partial charge in [-0.3, -0.25) is 9.59 Å². The number of amides is 1. The summed E-state index contributed by atoms with van der Waals surface area (Å²) in [6.45, 7) is 1.91. The third-order valence-corrected chi connectivity index (χ3v) is 4.20. The summed E-state index contributed by atoms with van der Waals surface area (Å²) in [5.41, 5.74) is 1.70. The quantitative estimate of drug-likeness (QED) is 0.825. The summed E-state index contributed by atoms with van der Waals surface area (Å²) in [6, 6.07) is 7.47. The summed E-state index contributed by atoms with van der Waals surface area (Å²) in [5, 5.41) is 12.1. The monoisotopic (exact) mass is 275 g/mol. The molecule has 20 heavy (non-hydrogen) atoms. The second kappa shape index (κ2) is 4.90. The van der Waals surface area contributed by atoms with Crippen LogP contribution >= 0.6 is 0 Å². The van der Waals surface area contributed by atoms with E-state index in [9.17, 15) is 14.7 Å². The van der Waals surface area contributed by atoms with E-state index in [-0.39, 0.29) is 18.1 Å². The molecule has 1 aromatic carbocycles. The summed E-state index contributed by atoms with van der Waals surface area (Å²) in [4.78, 5) is 23.7. The zero-order chi connectivity index (χ0) is 14.3. The van der Waals surface area contributed by atoms with E-state index in [1.807, 2.05) is 31.2 Å². The van der Waals surface area contributed by atoms with Gasteiger partial charge in [0, 0.05) is 5.69 Å². The number of aliphatic carboxylic acids is 1. The molecule has 1 aliphatic heterocycles. The van der Waals surface area contributed by atoms with Crippen molar-refractivity contribution in [3.05, 3.63) is 29.8 Å². The molecule has 0 spiro atoms. The van der Waals surface area contributed by atoms with Crippen molar-refractivity contribution < 1.29 is 19.4 Å². The molecule has 4 unspecified atom stereocenters. The number of rotatable bonds is 3. The summed E-state index contributed by atoms with van der Waals surface area (Å²) in [5.74, 6) is -2.30. The van der Waals surface area contributed by atoms with Crippen molar-refractivity contribution in [3.63, 3.8) is 0 Å². The van der Waals surface area contributed by atoms with Crippen molar-refractivity contribution in [1.82, 2.24) is 0 Å². The first-order valence-corrected chi connectivity index (χ1v) is 6.81. The molecule has 1 heterocycles. The molecule has 2 fully saturated rings. The number of hydrogen-bond acceptors (Lipinski definition) is 3. The molecular formula is C15H17NO4. The Balaban J connectivity index is 1.75. The second-order valence-electron chi connectivity index (χ2n) is 5.54. The van der Waals surface area contributed by atoms with E-state index >= 15 is 0 Å². The molecule has 2 aliphatic rings. The maximum absolute atomic E-state index is 12.4. The van der Waals surface area contributed by atoms with E-state index < -0.39 is 17.8 Å². The molecule has 4 atom stereocenters. The van der Waals surface area contributed by atoms with E-state index in [2.05, 4.69) is 5.32 Å². The van der Waals surface area contributed by atoms with Crippen LogP contribution in [0.25, 0.3) is 0 Å². The molecule has 1 amide bonds. The van der Waals surface area contributed by atoms with Gasteiger partial charge in [0.2, 0.25) is 5.91 Å². The average molecular weight is 275 g/mol. The molecule has 5 nitrogen and oxygen atoms in total. The van der Waals surface area contributed by atoms with Crippen LogP contribution in [-0.2, 0) is 14.3 Å². The van der Waals surface area contributed by atoms with Gasteiger partial charge in [-0.15, -0.1) is 0 Å². The molecule has 1 saturated carbocycles. The standard InChI is InChI=1S/C15H17NO4/c1-8-4-2-3-5-11(8)16-14(17)9-6-12-13(20-12)7-10(9)15(18)19/h2-5,9-10,12-13H,6-7H2,1H3,(H,16,17)(H,18,19). The van der Waals surface area contributed by atoms with Crippen LogP contribution in [0.2, 0.25) is 0 Å². The maximum atomic E-state index is 12.4. The molecule has 106 valence electrons. The maximum Gasteiger partial charge on any atom is 0.307 e. The lowest BCUT2D eigenvalue weighted by atomic mass is 9.78. The van der Waals surface area contributed by atoms with Crippen molar-refractivity contribution in [3.8, 4) is 0 Å². The minimum absolute atomic E-state index is 0.0404. The Labute approximate surface area is 116 Å². The van der Waals surface area contributed by atoms with Gasteiger partial charge in [0.25, 0.3) is 0 Å². The first kappa shape index (κ1) is 13.1. The van der Waals surface area contributed by atoms with Crippen molar-refractivity contribution in [2.45, 2.75) is 32.0 Å². The lowest BCUT2D eigenvalue weighted by molar-refractivity contribution is -0.147. The summed E-state index contributed by atoms with van der Waals surface area (Å²) >= 11 is 0. The number of carbonyl (C=O) groups is 2. The predicted molar refractivity (Wildman–Crippen MR) is 72.3 cm³/mol. The Bertz CT molecular complexity index is 557. The fraction of sp³-hybridized carbons (Fsp3) is 0.467. The molecule has 3 rings (SSSR count). The molecule has 0 bridgehead atoms. The number of para-hydroxylation sites is 1. The fourth-order valence-corrected chi connectivity index (χ4v) is 2.92. The smallest absolute Gasteiger partial charge is 0.307 e. The second-order valence-corrected chi connectivity index (χ2v) is 5.54. The van der Waals surface area contributed by atoms with Gasteiger partial charge >= 0.3 is 5.97 Å². The van der Waals surface area contributed by atoms with Crippen molar-refractivity contribution >= 4 is 17.6 Å². The SMILES string of the molecule is Cc1ccccc1NC(=O)C1CC2OC2CC1C(=O)O. The highest BCUT2D eigenvalue weighted by Crippen LogP contribution is 2.43. The predicted octanol–water partition coefficient (Wildman–Crippen LogP) is 1.81. The topological polar surface area (TPSA) is 78.9 Å². The highest BCUT2D eigenvalue weighted by Gasteiger charge is 2.52. The molecule has 0 aromatic heterocycles. The van der Waals surface area contributed by atoms with E-state index in [4.69, 9.17) is 4.74 Å². The van der Waals surface area contributed by atoms with Crippen LogP contribution in [0.3, 0.4) is 0 Å². The van der Waals surface area contributed by atoms with Crippen molar-refractivity contribution in [1.29, 1.82) is 0 Å². The first-order valence-electron chi connectivity index (χ1n) is 6.81. The number of anilines is 1. The van der Waals surface area contributed by atoms with Gasteiger partial charge in [-0.2, -0.15) is 0 Å². The zero-order valence-electron chi connectivity index (χ0n) is 11.2. The fourth-order valence-electron chi connectivity index (χ4n) is 2.92. The summed E-state index contributed by atoms with van der Waals surface area (Å²) in [7, 11) is 0. The third kappa shape index (κ3) is 2.41. The third-order valence-electron chi connectivity index (χ3n) is 4.20. The van der Waals surface area contributed by atoms with Crippen LogP contribution in [0.5, 0.6) is 0 Å². The molecule has 0 radical (unpaired) electrons. The molecule has 1 aliphatic carbocycles. The molecule has 1 saturated heterocycles. The Morgan fingerprint density at radius 1 is 1.20 bits per heavy atom. The van der Waals surface area contributed by atoms with Crippen LogP contribution in [0.4, 0.5) is 5.69 Å². The Hall–Kier alpha value is -1.88. The number of epoxide rings is 1. The minimum atomic E-state index is -0.913. The lowest BCUT2D eigenvalue weighted by Crippen LogP contribution is -2.38. The van der Waals surface area contributed by atoms with Gasteiger partial charge in [0.1, 0.15) is 0 Å². The number of carboxylic acid groups (broad SMARTS) is 1. The number of fused-ring (bicyclic) bond motifs is 1. The highest BCUT2D eigenvalue weighted by molar-refractivity contribution is 5.95. The van der Waals surface area contributed by atoms with Gasteiger partial charge in [-0.1, -0.05) is 18.2 Å². The van der Waals surface area contributed by atoms with E-state index in [0.29, 0.717) is 12.8 Å². The number of ether oxygens (including phenoxy) is 1. The molecule has 5 heteroatoms. The van der Waals surface area contributed by atoms with Crippen molar-refractivity contribution in [2.75, 3.05) is 5.32 Å². The van der Waals surface area contributed by atoms with Crippen LogP contribution in [0, 0.1) is 18.8 Å². The van der Waals surface area contributed by atoms with E-state index in [0.717, 1.165) is 11.3 Å². The number of hydrogen-bond donors (Lipinski definition) is 2. The van der Waals surface area contributed by atoms with Crippen LogP contribution < -0.4 is 5.32 Å². The zero-order valence-corrected chi connectivity index (χ0v) is 11.2. The minimum Gasteiger partial charge on any atom is -0.481 e. The van der Waals surface area contributed by atoms with Gasteiger partial charge in [0.15, 0.2) is 0 Å². The molecular weight excluding hydrogens is 258 g/mol. The molecule has 2 N–H and O–H groups in total. The van der Waals surface area contributed by atoms with Crippen LogP contribution in [0.1, 0.15) is 18.4 Å². The van der Waals surface area contributed by atoms with Crippen LogP contribution in [0.15, 0.2) is 24.3 Å². The summed E-state index contributed by atoms with van der Waals surface area (Å²) in [6.07, 6.45) is 1.04. The number of aryl methyl sites for hydroxylation is 1. The van der Waals surface area contributed by atoms with E-state index in [1.165, 1.54) is 0 Å². The summed E-state index contributed by atoms with van der Waals surface area (Å²) < 4.78 is 5.37. The number of carboxylic acids is 1. The highest BCUT2D eigenvalue weighted by atomic mass is 16.6. The van der Waals surface area contributed by atoms with Crippen molar-refractivity contribution in [2.24, 2.45) is 11.8 Å². The van der Waals surface area contributed by atoms with Gasteiger partial charge in [0.05, 0.1) is 24.0 Å². The average Bonchev–Trinajstić information content (AvgIpc) is 3.18.